The van der Waals surface area contributed by atoms with E-state index in [1.54, 1.807) is 0 Å². The molecule has 0 bridgehead atoms. The fourth-order valence-corrected chi connectivity index (χ4v) is 1.79. The van der Waals surface area contributed by atoms with Crippen molar-refractivity contribution < 1.29 is 38.9 Å². The molecule has 26 heavy (non-hydrogen) atoms. The van der Waals surface area contributed by atoms with Crippen LogP contribution >= 0.6 is 0 Å². The molecule has 0 radical (unpaired) electrons. The van der Waals surface area contributed by atoms with Crippen LogP contribution in [0.5, 0.6) is 0 Å². The largest absolute Gasteiger partial charge is 0.550 e. The van der Waals surface area contributed by atoms with E-state index in [1.807, 2.05) is 0 Å². The van der Waals surface area contributed by atoms with Crippen LogP contribution in [0.4, 0.5) is 0 Å². The van der Waals surface area contributed by atoms with E-state index in [4.69, 9.17) is 31.8 Å². The molecule has 0 aliphatic rings. The number of nitrogens with two attached hydrogens (primary N) is 3. The Kier molecular flexibility index (Phi) is 11.9. The molecule has 0 aromatic carbocycles. The number of hydrogen-bond donors (Lipinski definition) is 4. The van der Waals surface area contributed by atoms with E-state index < -0.39 is 42.0 Å². The molecule has 0 saturated carbocycles. The number of carboxylic acid groups (broad SMARTS) is 2. The van der Waals surface area contributed by atoms with Crippen molar-refractivity contribution in [3.63, 3.8) is 0 Å². The maximum absolute atomic E-state index is 11.5. The molecule has 0 aromatic heterocycles. The second-order valence-corrected chi connectivity index (χ2v) is 5.76. The minimum Gasteiger partial charge on any atom is -0.550 e. The van der Waals surface area contributed by atoms with Crippen LogP contribution in [0.25, 0.3) is 0 Å². The highest BCUT2D eigenvalue weighted by molar-refractivity contribution is 5.77. The molecule has 0 fully saturated rings. The van der Waals surface area contributed by atoms with E-state index in [0.29, 0.717) is 12.8 Å². The monoisotopic (exact) mass is 376 g/mol. The van der Waals surface area contributed by atoms with Gasteiger partial charge in [-0.3, -0.25) is 14.4 Å². The van der Waals surface area contributed by atoms with Gasteiger partial charge in [-0.1, -0.05) is 0 Å². The Morgan fingerprint density at radius 3 is 1.96 bits per heavy atom. The van der Waals surface area contributed by atoms with Crippen molar-refractivity contribution in [1.29, 1.82) is 0 Å². The van der Waals surface area contributed by atoms with Gasteiger partial charge in [0.05, 0.1) is 6.61 Å². The zero-order chi connectivity index (χ0) is 20.1. The topological polar surface area (TPSA) is 208 Å². The number of esters is 2. The fourth-order valence-electron chi connectivity index (χ4n) is 1.79. The number of rotatable bonds is 14. The van der Waals surface area contributed by atoms with Gasteiger partial charge in [0.1, 0.15) is 18.7 Å². The molecule has 0 aliphatic carbocycles. The molecule has 11 heteroatoms. The number of aliphatic carboxylic acids is 2. The summed E-state index contributed by atoms with van der Waals surface area (Å²) in [6.45, 7) is -0.0592. The van der Waals surface area contributed by atoms with Gasteiger partial charge in [-0.2, -0.15) is 0 Å². The third kappa shape index (κ3) is 12.2. The van der Waals surface area contributed by atoms with E-state index >= 15 is 0 Å². The lowest BCUT2D eigenvalue weighted by atomic mass is 10.1. The Morgan fingerprint density at radius 1 is 0.885 bits per heavy atom. The van der Waals surface area contributed by atoms with Crippen LogP contribution in [-0.4, -0.2) is 60.3 Å². The first-order valence-electron chi connectivity index (χ1n) is 8.15. The van der Waals surface area contributed by atoms with Gasteiger partial charge >= 0.3 is 17.9 Å². The third-order valence-corrected chi connectivity index (χ3v) is 3.34. The molecule has 0 rings (SSSR count). The number of carboxylic acids is 2. The van der Waals surface area contributed by atoms with Gasteiger partial charge in [0.15, 0.2) is 0 Å². The molecule has 150 valence electrons. The lowest BCUT2D eigenvalue weighted by molar-refractivity contribution is -0.305. The van der Waals surface area contributed by atoms with Crippen LogP contribution in [0.1, 0.15) is 38.5 Å². The Hall–Kier alpha value is -2.24. The first kappa shape index (κ1) is 23.8. The van der Waals surface area contributed by atoms with Crippen molar-refractivity contribution in [3.8, 4) is 0 Å². The third-order valence-electron chi connectivity index (χ3n) is 3.34. The molecular weight excluding hydrogens is 350 g/mol. The van der Waals surface area contributed by atoms with E-state index in [1.165, 1.54) is 0 Å². The summed E-state index contributed by atoms with van der Waals surface area (Å²) in [5, 5.41) is 18.8. The average molecular weight is 376 g/mol. The van der Waals surface area contributed by atoms with Gasteiger partial charge in [-0.25, -0.2) is 0 Å². The van der Waals surface area contributed by atoms with Crippen LogP contribution in [0.2, 0.25) is 0 Å². The summed E-state index contributed by atoms with van der Waals surface area (Å²) < 4.78 is 9.79. The maximum Gasteiger partial charge on any atom is 0.322 e. The number of ether oxygens (including phenoxy) is 2. The lowest BCUT2D eigenvalue weighted by Crippen LogP contribution is -2.36. The highest BCUT2D eigenvalue weighted by atomic mass is 16.5. The Bertz CT molecular complexity index is 486. The SMILES string of the molecule is NC(CCCOC(=O)C(N)CCC(=O)[O-])COC(=O)C(N)CCC(=O)O. The number of hydrogen-bond acceptors (Lipinski definition) is 10. The quantitative estimate of drug-likeness (QED) is 0.180. The first-order chi connectivity index (χ1) is 12.1. The van der Waals surface area contributed by atoms with E-state index in [-0.39, 0.29) is 38.9 Å². The average Bonchev–Trinajstić information content (AvgIpc) is 2.58. The summed E-state index contributed by atoms with van der Waals surface area (Å²) in [5.41, 5.74) is 16.7. The van der Waals surface area contributed by atoms with Crippen molar-refractivity contribution in [1.82, 2.24) is 0 Å². The summed E-state index contributed by atoms with van der Waals surface area (Å²) in [4.78, 5) is 43.7. The summed E-state index contributed by atoms with van der Waals surface area (Å²) in [7, 11) is 0. The molecule has 3 atom stereocenters. The second kappa shape index (κ2) is 13.0. The molecule has 0 amide bonds. The highest BCUT2D eigenvalue weighted by Crippen LogP contribution is 2.02. The van der Waals surface area contributed by atoms with Crippen LogP contribution in [0.3, 0.4) is 0 Å². The molecule has 3 unspecified atom stereocenters. The fraction of sp³-hybridized carbons (Fsp3) is 0.733. The first-order valence-corrected chi connectivity index (χ1v) is 8.15. The molecule has 11 nitrogen and oxygen atoms in total. The van der Waals surface area contributed by atoms with Crippen LogP contribution in [-0.2, 0) is 28.7 Å². The normalized spacial score (nSPS) is 14.1. The van der Waals surface area contributed by atoms with E-state index in [9.17, 15) is 24.3 Å². The van der Waals surface area contributed by atoms with Crippen molar-refractivity contribution in [2.24, 2.45) is 17.2 Å². The van der Waals surface area contributed by atoms with Crippen LogP contribution in [0.15, 0.2) is 0 Å². The summed E-state index contributed by atoms with van der Waals surface area (Å²) in [5.74, 6) is -3.79. The molecule has 0 heterocycles. The number of carbonyl (C=O) groups is 4. The molecule has 0 aromatic rings. The Morgan fingerprint density at radius 2 is 1.42 bits per heavy atom. The van der Waals surface area contributed by atoms with Gasteiger partial charge in [0.25, 0.3) is 0 Å². The van der Waals surface area contributed by atoms with E-state index in [0.717, 1.165) is 0 Å². The standard InChI is InChI=1S/C15H27N3O8/c16-9(8-26-15(24)11(18)4-6-13(21)22)2-1-7-25-14(23)10(17)3-5-12(19)20/h9-11H,1-8,16-18H2,(H,19,20)(H,21,22)/p-1. The Labute approximate surface area is 150 Å². The predicted molar refractivity (Wildman–Crippen MR) is 86.2 cm³/mol. The smallest absolute Gasteiger partial charge is 0.322 e. The summed E-state index contributed by atoms with van der Waals surface area (Å²) in [6.07, 6.45) is 0.109. The predicted octanol–water partition coefficient (Wildman–Crippen LogP) is -2.77. The number of carbonyl (C=O) groups excluding carboxylic acids is 3. The van der Waals surface area contributed by atoms with Crippen LogP contribution < -0.4 is 22.3 Å². The van der Waals surface area contributed by atoms with Gasteiger partial charge in [-0.05, 0) is 32.1 Å². The van der Waals surface area contributed by atoms with Crippen molar-refractivity contribution in [2.75, 3.05) is 13.2 Å². The highest BCUT2D eigenvalue weighted by Gasteiger charge is 2.18. The molecule has 7 N–H and O–H groups in total. The Balaban J connectivity index is 3.84. The summed E-state index contributed by atoms with van der Waals surface area (Å²) in [6, 6.07) is -2.56. The van der Waals surface area contributed by atoms with Crippen molar-refractivity contribution in [2.45, 2.75) is 56.7 Å². The van der Waals surface area contributed by atoms with Crippen molar-refractivity contribution in [3.05, 3.63) is 0 Å². The lowest BCUT2D eigenvalue weighted by Gasteiger charge is -2.15. The van der Waals surface area contributed by atoms with Gasteiger partial charge in [0, 0.05) is 18.4 Å². The zero-order valence-electron chi connectivity index (χ0n) is 14.4. The minimum absolute atomic E-state index is 0.0302. The van der Waals surface area contributed by atoms with Gasteiger partial charge in [-0.15, -0.1) is 0 Å². The maximum atomic E-state index is 11.5. The molecule has 0 aliphatic heterocycles. The molecule has 0 saturated heterocycles. The van der Waals surface area contributed by atoms with Gasteiger partial charge < -0.3 is 41.7 Å². The summed E-state index contributed by atoms with van der Waals surface area (Å²) >= 11 is 0. The molecular formula is C15H26N3O8-. The molecule has 0 spiro atoms. The van der Waals surface area contributed by atoms with Gasteiger partial charge in [0.2, 0.25) is 0 Å². The van der Waals surface area contributed by atoms with Crippen molar-refractivity contribution >= 4 is 23.9 Å². The van der Waals surface area contributed by atoms with E-state index in [2.05, 4.69) is 0 Å². The minimum atomic E-state index is -1.29. The zero-order valence-corrected chi connectivity index (χ0v) is 14.4. The second-order valence-electron chi connectivity index (χ2n) is 5.76. The van der Waals surface area contributed by atoms with Crippen LogP contribution in [0, 0.1) is 0 Å².